The molecule has 1 aliphatic rings. The Balaban J connectivity index is 1.57. The molecule has 4 heterocycles. The molecule has 1 aliphatic heterocycles. The fourth-order valence-corrected chi connectivity index (χ4v) is 5.31. The molecule has 5 aromatic rings. The first-order valence-electron chi connectivity index (χ1n) is 11.3. The van der Waals surface area contributed by atoms with Crippen LogP contribution in [0.1, 0.15) is 39.0 Å². The van der Waals surface area contributed by atoms with Gasteiger partial charge < -0.3 is 9.40 Å². The monoisotopic (exact) mass is 479 g/mol. The van der Waals surface area contributed by atoms with E-state index < -0.39 is 6.04 Å². The maximum absolute atomic E-state index is 13.6. The van der Waals surface area contributed by atoms with Gasteiger partial charge in [-0.15, -0.1) is 11.3 Å². The van der Waals surface area contributed by atoms with E-state index in [1.54, 1.807) is 18.4 Å². The lowest BCUT2D eigenvalue weighted by Crippen LogP contribution is -2.26. The molecule has 2 aromatic carbocycles. The van der Waals surface area contributed by atoms with Crippen LogP contribution >= 0.6 is 11.3 Å². The van der Waals surface area contributed by atoms with E-state index in [9.17, 15) is 9.59 Å². The van der Waals surface area contributed by atoms with Crippen molar-refractivity contribution in [2.45, 2.75) is 19.4 Å². The predicted octanol–water partition coefficient (Wildman–Crippen LogP) is 6.15. The fourth-order valence-electron chi connectivity index (χ4n) is 4.66. The second-order valence-electron chi connectivity index (χ2n) is 8.53. The summed E-state index contributed by atoms with van der Waals surface area (Å²) in [6, 6.07) is 22.7. The smallest absolute Gasteiger partial charge is 0.284 e. The van der Waals surface area contributed by atoms with Crippen LogP contribution in [-0.2, 0) is 0 Å². The van der Waals surface area contributed by atoms with E-state index in [4.69, 9.17) is 9.52 Å². The number of benzene rings is 2. The van der Waals surface area contributed by atoms with E-state index in [1.165, 1.54) is 16.3 Å². The SMILES string of the molecule is Cc1ccc2c(-c3ccccc3)c(C3=NN(C(=O)c4cccs4)[C@H](c4ccco4)C3)c(=O)[nH]c2c1. The number of hydrogen-bond donors (Lipinski definition) is 1. The number of amides is 1. The number of furan rings is 1. The largest absolute Gasteiger partial charge is 0.467 e. The Labute approximate surface area is 205 Å². The van der Waals surface area contributed by atoms with Gasteiger partial charge in [-0.2, -0.15) is 5.10 Å². The molecule has 1 N–H and O–H groups in total. The van der Waals surface area contributed by atoms with Gasteiger partial charge in [0, 0.05) is 22.9 Å². The van der Waals surface area contributed by atoms with Gasteiger partial charge in [-0.25, -0.2) is 5.01 Å². The van der Waals surface area contributed by atoms with Gasteiger partial charge in [-0.3, -0.25) is 9.59 Å². The molecule has 0 aliphatic carbocycles. The molecular weight excluding hydrogens is 458 g/mol. The Morgan fingerprint density at radius 1 is 1.06 bits per heavy atom. The van der Waals surface area contributed by atoms with Gasteiger partial charge in [0.2, 0.25) is 0 Å². The van der Waals surface area contributed by atoms with Crippen molar-refractivity contribution in [1.29, 1.82) is 0 Å². The Bertz CT molecular complexity index is 1620. The molecule has 3 aromatic heterocycles. The van der Waals surface area contributed by atoms with Gasteiger partial charge >= 0.3 is 0 Å². The van der Waals surface area contributed by atoms with Crippen LogP contribution in [0, 0.1) is 6.92 Å². The van der Waals surface area contributed by atoms with Crippen LogP contribution in [-0.4, -0.2) is 21.6 Å². The van der Waals surface area contributed by atoms with E-state index in [-0.39, 0.29) is 11.5 Å². The number of hydrazone groups is 1. The molecule has 0 saturated heterocycles. The zero-order valence-corrected chi connectivity index (χ0v) is 19.7. The van der Waals surface area contributed by atoms with E-state index in [0.29, 0.717) is 28.3 Å². The van der Waals surface area contributed by atoms with Crippen LogP contribution in [0.3, 0.4) is 0 Å². The number of aryl methyl sites for hydroxylation is 1. The van der Waals surface area contributed by atoms with Crippen molar-refractivity contribution in [2.24, 2.45) is 5.10 Å². The van der Waals surface area contributed by atoms with Crippen molar-refractivity contribution < 1.29 is 9.21 Å². The number of thiophene rings is 1. The van der Waals surface area contributed by atoms with Crippen molar-refractivity contribution in [3.8, 4) is 11.1 Å². The highest BCUT2D eigenvalue weighted by molar-refractivity contribution is 7.12. The van der Waals surface area contributed by atoms with Gasteiger partial charge in [-0.05, 0) is 47.7 Å². The summed E-state index contributed by atoms with van der Waals surface area (Å²) in [7, 11) is 0. The van der Waals surface area contributed by atoms with Crippen molar-refractivity contribution in [1.82, 2.24) is 9.99 Å². The average Bonchev–Trinajstić information content (AvgIpc) is 3.65. The number of hydrogen-bond acceptors (Lipinski definition) is 5. The standard InChI is InChI=1S/C28H21N3O3S/c1-17-11-12-19-20(15-17)29-27(32)26(25(19)18-7-3-2-4-8-18)21-16-22(23-9-5-13-34-23)31(30-21)28(33)24-10-6-14-35-24/h2-15,22H,16H2,1H3,(H,29,32)/t22-/m0/s1. The normalized spacial score (nSPS) is 15.5. The number of fused-ring (bicyclic) bond motifs is 1. The van der Waals surface area contributed by atoms with Crippen molar-refractivity contribution >= 4 is 33.9 Å². The van der Waals surface area contributed by atoms with E-state index in [2.05, 4.69) is 4.98 Å². The highest BCUT2D eigenvalue weighted by Crippen LogP contribution is 2.38. The predicted molar refractivity (Wildman–Crippen MR) is 138 cm³/mol. The summed E-state index contributed by atoms with van der Waals surface area (Å²) < 4.78 is 5.68. The van der Waals surface area contributed by atoms with Crippen LogP contribution in [0.15, 0.2) is 98.8 Å². The summed E-state index contributed by atoms with van der Waals surface area (Å²) >= 11 is 1.36. The Kier molecular flexibility index (Phi) is 5.19. The molecule has 0 radical (unpaired) electrons. The molecule has 6 nitrogen and oxygen atoms in total. The number of aromatic amines is 1. The summed E-state index contributed by atoms with van der Waals surface area (Å²) in [5.41, 5.74) is 4.36. The summed E-state index contributed by atoms with van der Waals surface area (Å²) in [4.78, 5) is 30.6. The fraction of sp³-hybridized carbons (Fsp3) is 0.107. The van der Waals surface area contributed by atoms with Gasteiger partial charge in [0.15, 0.2) is 0 Å². The lowest BCUT2D eigenvalue weighted by molar-refractivity contribution is 0.0698. The minimum Gasteiger partial charge on any atom is -0.467 e. The highest BCUT2D eigenvalue weighted by atomic mass is 32.1. The van der Waals surface area contributed by atoms with Gasteiger partial charge in [0.05, 0.1) is 22.4 Å². The van der Waals surface area contributed by atoms with Crippen LogP contribution in [0.5, 0.6) is 0 Å². The Hall–Kier alpha value is -4.23. The number of rotatable bonds is 4. The molecule has 6 rings (SSSR count). The lowest BCUT2D eigenvalue weighted by Gasteiger charge is -2.19. The first kappa shape index (κ1) is 21.3. The third kappa shape index (κ3) is 3.70. The van der Waals surface area contributed by atoms with Crippen LogP contribution in [0.4, 0.5) is 0 Å². The highest BCUT2D eigenvalue weighted by Gasteiger charge is 2.37. The van der Waals surface area contributed by atoms with E-state index in [1.807, 2.05) is 73.0 Å². The summed E-state index contributed by atoms with van der Waals surface area (Å²) in [6.07, 6.45) is 1.95. The Morgan fingerprint density at radius 3 is 2.66 bits per heavy atom. The third-order valence-electron chi connectivity index (χ3n) is 6.24. The second kappa shape index (κ2) is 8.52. The van der Waals surface area contributed by atoms with Crippen molar-refractivity contribution in [3.05, 3.63) is 117 Å². The first-order valence-corrected chi connectivity index (χ1v) is 12.2. The molecule has 172 valence electrons. The lowest BCUT2D eigenvalue weighted by atomic mass is 9.91. The topological polar surface area (TPSA) is 78.7 Å². The van der Waals surface area contributed by atoms with Crippen molar-refractivity contribution in [3.63, 3.8) is 0 Å². The molecule has 0 saturated carbocycles. The maximum atomic E-state index is 13.6. The summed E-state index contributed by atoms with van der Waals surface area (Å²) in [5.74, 6) is 0.410. The molecular formula is C28H21N3O3S. The number of nitrogens with zero attached hydrogens (tertiary/aromatic N) is 2. The number of nitrogens with one attached hydrogen (secondary N) is 1. The van der Waals surface area contributed by atoms with Gasteiger partial charge in [0.25, 0.3) is 11.5 Å². The summed E-state index contributed by atoms with van der Waals surface area (Å²) in [6.45, 7) is 2.00. The molecule has 1 atom stereocenters. The minimum atomic E-state index is -0.439. The average molecular weight is 480 g/mol. The number of H-pyrrole nitrogens is 1. The molecule has 7 heteroatoms. The molecule has 0 fully saturated rings. The zero-order chi connectivity index (χ0) is 23.9. The number of aromatic nitrogens is 1. The summed E-state index contributed by atoms with van der Waals surface area (Å²) in [5, 5.41) is 8.99. The molecule has 35 heavy (non-hydrogen) atoms. The van der Waals surface area contributed by atoms with Crippen LogP contribution in [0.25, 0.3) is 22.0 Å². The van der Waals surface area contributed by atoms with E-state index in [0.717, 1.165) is 27.6 Å². The third-order valence-corrected chi connectivity index (χ3v) is 7.10. The zero-order valence-electron chi connectivity index (χ0n) is 18.9. The van der Waals surface area contributed by atoms with Gasteiger partial charge in [-0.1, -0.05) is 48.5 Å². The number of carbonyl (C=O) groups excluding carboxylic acids is 1. The number of carbonyl (C=O) groups is 1. The minimum absolute atomic E-state index is 0.217. The quantitative estimate of drug-likeness (QED) is 0.336. The molecule has 0 spiro atoms. The maximum Gasteiger partial charge on any atom is 0.284 e. The molecule has 1 amide bonds. The molecule has 0 bridgehead atoms. The van der Waals surface area contributed by atoms with Gasteiger partial charge in [0.1, 0.15) is 11.8 Å². The number of pyridine rings is 1. The first-order chi connectivity index (χ1) is 17.1. The van der Waals surface area contributed by atoms with Crippen LogP contribution in [0.2, 0.25) is 0 Å². The Morgan fingerprint density at radius 2 is 1.91 bits per heavy atom. The second-order valence-corrected chi connectivity index (χ2v) is 9.48. The van der Waals surface area contributed by atoms with E-state index >= 15 is 0 Å². The van der Waals surface area contributed by atoms with Crippen LogP contribution < -0.4 is 5.56 Å². The van der Waals surface area contributed by atoms with Crippen molar-refractivity contribution in [2.75, 3.05) is 0 Å². The molecule has 0 unspecified atom stereocenters.